The van der Waals surface area contributed by atoms with Crippen molar-refractivity contribution in [2.24, 2.45) is 0 Å². The summed E-state index contributed by atoms with van der Waals surface area (Å²) in [6.45, 7) is 1.38. The summed E-state index contributed by atoms with van der Waals surface area (Å²) in [4.78, 5) is 35.9. The lowest BCUT2D eigenvalue weighted by Gasteiger charge is -2.18. The van der Waals surface area contributed by atoms with Crippen molar-refractivity contribution in [2.45, 2.75) is 13.0 Å². The molecule has 0 saturated carbocycles. The predicted molar refractivity (Wildman–Crippen MR) is 99.6 cm³/mol. The van der Waals surface area contributed by atoms with Gasteiger partial charge in [0.05, 0.1) is 0 Å². The summed E-state index contributed by atoms with van der Waals surface area (Å²) in [5.41, 5.74) is 1.18. The van der Waals surface area contributed by atoms with Gasteiger partial charge in [-0.15, -0.1) is 0 Å². The highest BCUT2D eigenvalue weighted by molar-refractivity contribution is 6.30. The first-order chi connectivity index (χ1) is 12.9. The van der Waals surface area contributed by atoms with Gasteiger partial charge in [-0.1, -0.05) is 41.9 Å². The van der Waals surface area contributed by atoms with Crippen LogP contribution >= 0.6 is 11.6 Å². The molecular weight excluding hydrogens is 372 g/mol. The van der Waals surface area contributed by atoms with Crippen molar-refractivity contribution in [1.82, 2.24) is 10.6 Å². The van der Waals surface area contributed by atoms with Crippen LogP contribution in [0.2, 0.25) is 5.02 Å². The monoisotopic (exact) mass is 390 g/mol. The third-order valence-corrected chi connectivity index (χ3v) is 3.77. The van der Waals surface area contributed by atoms with Gasteiger partial charge in [-0.05, 0) is 30.7 Å². The van der Waals surface area contributed by atoms with E-state index in [0.717, 1.165) is 5.56 Å². The van der Waals surface area contributed by atoms with Gasteiger partial charge in [0.2, 0.25) is 6.10 Å². The standard InChI is InChI=1S/C19H19ClN2O5/c1-12-10-14(20)8-9-15(12)26-11-16(23)27-17(13-6-4-3-5-7-13)18(24)22-19(25)21-2/h3-10,17H,11H2,1-2H3,(H2,21,22,24,25)/t17-/m1/s1. The Balaban J connectivity index is 2.06. The van der Waals surface area contributed by atoms with Crippen molar-refractivity contribution >= 4 is 29.5 Å². The maximum absolute atomic E-state index is 12.3. The summed E-state index contributed by atoms with van der Waals surface area (Å²) in [5, 5.41) is 4.92. The number of urea groups is 1. The van der Waals surface area contributed by atoms with Crippen molar-refractivity contribution in [3.8, 4) is 5.75 Å². The zero-order valence-corrected chi connectivity index (χ0v) is 15.6. The van der Waals surface area contributed by atoms with E-state index in [1.807, 2.05) is 0 Å². The highest BCUT2D eigenvalue weighted by atomic mass is 35.5. The maximum atomic E-state index is 12.3. The van der Waals surface area contributed by atoms with E-state index in [4.69, 9.17) is 21.1 Å². The first-order valence-corrected chi connectivity index (χ1v) is 8.44. The molecule has 0 saturated heterocycles. The number of ether oxygens (including phenoxy) is 2. The normalized spacial score (nSPS) is 11.2. The Morgan fingerprint density at radius 1 is 1.11 bits per heavy atom. The molecule has 0 aliphatic rings. The molecule has 2 aromatic carbocycles. The molecule has 0 bridgehead atoms. The Bertz CT molecular complexity index is 826. The van der Waals surface area contributed by atoms with Gasteiger partial charge in [0.1, 0.15) is 5.75 Å². The van der Waals surface area contributed by atoms with E-state index >= 15 is 0 Å². The molecule has 2 N–H and O–H groups in total. The van der Waals surface area contributed by atoms with E-state index in [0.29, 0.717) is 16.3 Å². The number of rotatable bonds is 6. The van der Waals surface area contributed by atoms with Crippen LogP contribution in [-0.2, 0) is 14.3 Å². The zero-order chi connectivity index (χ0) is 19.8. The van der Waals surface area contributed by atoms with Crippen LogP contribution in [-0.4, -0.2) is 31.6 Å². The minimum absolute atomic E-state index is 0.404. The molecule has 0 spiro atoms. The minimum Gasteiger partial charge on any atom is -0.482 e. The highest BCUT2D eigenvalue weighted by Gasteiger charge is 2.26. The number of amides is 3. The summed E-state index contributed by atoms with van der Waals surface area (Å²) >= 11 is 5.88. The number of esters is 1. The summed E-state index contributed by atoms with van der Waals surface area (Å²) in [7, 11) is 1.37. The quantitative estimate of drug-likeness (QED) is 0.740. The Kier molecular flexibility index (Phi) is 7.19. The summed E-state index contributed by atoms with van der Waals surface area (Å²) in [6, 6.07) is 12.6. The average Bonchev–Trinajstić information content (AvgIpc) is 2.65. The topological polar surface area (TPSA) is 93.7 Å². The third kappa shape index (κ3) is 6.00. The molecule has 0 unspecified atom stereocenters. The van der Waals surface area contributed by atoms with Crippen molar-refractivity contribution in [3.63, 3.8) is 0 Å². The average molecular weight is 391 g/mol. The minimum atomic E-state index is -1.29. The van der Waals surface area contributed by atoms with Crippen LogP contribution < -0.4 is 15.4 Å². The Hall–Kier alpha value is -3.06. The number of halogens is 1. The van der Waals surface area contributed by atoms with Gasteiger partial charge in [-0.2, -0.15) is 0 Å². The number of benzene rings is 2. The van der Waals surface area contributed by atoms with Crippen LogP contribution in [0.4, 0.5) is 4.79 Å². The molecule has 0 aromatic heterocycles. The van der Waals surface area contributed by atoms with Crippen LogP contribution in [0.15, 0.2) is 48.5 Å². The Morgan fingerprint density at radius 3 is 2.44 bits per heavy atom. The van der Waals surface area contributed by atoms with E-state index in [1.54, 1.807) is 55.5 Å². The van der Waals surface area contributed by atoms with Crippen LogP contribution in [0.5, 0.6) is 5.75 Å². The van der Waals surface area contributed by atoms with Gasteiger partial charge >= 0.3 is 12.0 Å². The molecule has 8 heteroatoms. The predicted octanol–water partition coefficient (Wildman–Crippen LogP) is 2.77. The molecule has 2 aromatic rings. The van der Waals surface area contributed by atoms with Gasteiger partial charge < -0.3 is 14.8 Å². The van der Waals surface area contributed by atoms with Gasteiger partial charge in [0, 0.05) is 17.6 Å². The van der Waals surface area contributed by atoms with Gasteiger partial charge in [-0.3, -0.25) is 10.1 Å². The molecule has 0 fully saturated rings. The van der Waals surface area contributed by atoms with E-state index in [1.165, 1.54) is 7.05 Å². The molecule has 0 heterocycles. The fourth-order valence-electron chi connectivity index (χ4n) is 2.22. The molecule has 142 valence electrons. The van der Waals surface area contributed by atoms with Crippen molar-refractivity contribution < 1.29 is 23.9 Å². The fraction of sp³-hybridized carbons (Fsp3) is 0.211. The lowest BCUT2D eigenvalue weighted by Crippen LogP contribution is -2.41. The lowest BCUT2D eigenvalue weighted by molar-refractivity contribution is -0.158. The lowest BCUT2D eigenvalue weighted by atomic mass is 10.1. The molecular formula is C19H19ClN2O5. The van der Waals surface area contributed by atoms with E-state index in [-0.39, 0.29) is 0 Å². The van der Waals surface area contributed by atoms with Crippen LogP contribution in [0, 0.1) is 6.92 Å². The number of hydrogen-bond donors (Lipinski definition) is 2. The number of carbonyl (C=O) groups excluding carboxylic acids is 3. The SMILES string of the molecule is CNC(=O)NC(=O)[C@H](OC(=O)COc1ccc(Cl)cc1C)c1ccccc1. The number of nitrogens with one attached hydrogen (secondary N) is 2. The summed E-state index contributed by atoms with van der Waals surface area (Å²) in [6.07, 6.45) is -1.29. The third-order valence-electron chi connectivity index (χ3n) is 3.54. The number of hydrogen-bond acceptors (Lipinski definition) is 5. The molecule has 27 heavy (non-hydrogen) atoms. The molecule has 0 aliphatic carbocycles. The number of carbonyl (C=O) groups is 3. The maximum Gasteiger partial charge on any atom is 0.345 e. The van der Waals surface area contributed by atoms with E-state index in [2.05, 4.69) is 10.6 Å². The number of aryl methyl sites for hydroxylation is 1. The fourth-order valence-corrected chi connectivity index (χ4v) is 2.44. The first kappa shape index (κ1) is 20.3. The van der Waals surface area contributed by atoms with Crippen LogP contribution in [0.3, 0.4) is 0 Å². The van der Waals surface area contributed by atoms with E-state index in [9.17, 15) is 14.4 Å². The molecule has 3 amide bonds. The Morgan fingerprint density at radius 2 is 1.81 bits per heavy atom. The van der Waals surface area contributed by atoms with Crippen molar-refractivity contribution in [2.75, 3.05) is 13.7 Å². The van der Waals surface area contributed by atoms with Crippen molar-refractivity contribution in [1.29, 1.82) is 0 Å². The molecule has 0 aliphatic heterocycles. The smallest absolute Gasteiger partial charge is 0.345 e. The van der Waals surface area contributed by atoms with Crippen LogP contribution in [0.1, 0.15) is 17.2 Å². The van der Waals surface area contributed by atoms with Gasteiger partial charge in [0.15, 0.2) is 6.61 Å². The second-order valence-electron chi connectivity index (χ2n) is 5.55. The summed E-state index contributed by atoms with van der Waals surface area (Å²) < 4.78 is 10.7. The Labute approximate surface area is 161 Å². The van der Waals surface area contributed by atoms with Gasteiger partial charge in [0.25, 0.3) is 5.91 Å². The van der Waals surface area contributed by atoms with E-state index < -0.39 is 30.6 Å². The molecule has 0 radical (unpaired) electrons. The largest absolute Gasteiger partial charge is 0.482 e. The van der Waals surface area contributed by atoms with Gasteiger partial charge in [-0.25, -0.2) is 9.59 Å². The second-order valence-corrected chi connectivity index (χ2v) is 5.98. The molecule has 2 rings (SSSR count). The zero-order valence-electron chi connectivity index (χ0n) is 14.8. The van der Waals surface area contributed by atoms with Crippen molar-refractivity contribution in [3.05, 3.63) is 64.7 Å². The molecule has 1 atom stereocenters. The first-order valence-electron chi connectivity index (χ1n) is 8.06. The second kappa shape index (κ2) is 9.59. The molecule has 7 nitrogen and oxygen atoms in total. The van der Waals surface area contributed by atoms with Crippen LogP contribution in [0.25, 0.3) is 0 Å². The number of imide groups is 1. The summed E-state index contributed by atoms with van der Waals surface area (Å²) in [5.74, 6) is -1.05. The highest BCUT2D eigenvalue weighted by Crippen LogP contribution is 2.22.